The van der Waals surface area contributed by atoms with Gasteiger partial charge in [0, 0.05) is 10.9 Å². The first-order chi connectivity index (χ1) is 10.3. The minimum Gasteiger partial charge on any atom is -0.497 e. The highest BCUT2D eigenvalue weighted by Gasteiger charge is 2.13. The Morgan fingerprint density at radius 3 is 2.43 bits per heavy atom. The van der Waals surface area contributed by atoms with Crippen molar-refractivity contribution in [1.29, 1.82) is 0 Å². The average Bonchev–Trinajstić information content (AvgIpc) is 2.96. The monoisotopic (exact) mass is 281 g/mol. The van der Waals surface area contributed by atoms with E-state index >= 15 is 0 Å². The maximum absolute atomic E-state index is 5.85. The quantitative estimate of drug-likeness (QED) is 0.539. The van der Waals surface area contributed by atoms with E-state index in [1.807, 2.05) is 54.6 Å². The van der Waals surface area contributed by atoms with Crippen molar-refractivity contribution in [2.75, 3.05) is 14.2 Å². The van der Waals surface area contributed by atoms with Crippen LogP contribution in [0, 0.1) is 0 Å². The van der Waals surface area contributed by atoms with Crippen LogP contribution >= 0.6 is 0 Å². The normalized spacial score (nSPS) is 11.6. The average molecular weight is 281 g/mol. The largest absolute Gasteiger partial charge is 0.497 e. The summed E-state index contributed by atoms with van der Waals surface area (Å²) in [5.41, 5.74) is 2.37. The van der Waals surface area contributed by atoms with Crippen molar-refractivity contribution in [3.63, 3.8) is 0 Å². The first-order valence-corrected chi connectivity index (χ1v) is 6.56. The molecule has 0 aliphatic rings. The molecule has 4 heteroatoms. The van der Waals surface area contributed by atoms with E-state index in [2.05, 4.69) is 5.16 Å². The number of hydrogen-bond donors (Lipinski definition) is 0. The van der Waals surface area contributed by atoms with Gasteiger partial charge in [-0.2, -0.15) is 0 Å². The van der Waals surface area contributed by atoms with E-state index in [9.17, 15) is 0 Å². The summed E-state index contributed by atoms with van der Waals surface area (Å²) in [6.07, 6.45) is 0. The van der Waals surface area contributed by atoms with E-state index in [1.54, 1.807) is 7.11 Å². The summed E-state index contributed by atoms with van der Waals surface area (Å²) in [4.78, 5) is 4.96. The molecule has 0 aliphatic carbocycles. The Bertz CT molecular complexity index is 739. The van der Waals surface area contributed by atoms with Gasteiger partial charge < -0.3 is 14.0 Å². The molecule has 106 valence electrons. The molecule has 0 unspecified atom stereocenters. The molecule has 0 radical (unpaired) electrons. The summed E-state index contributed by atoms with van der Waals surface area (Å²) in [6, 6.07) is 17.4. The van der Waals surface area contributed by atoms with Crippen LogP contribution in [0.2, 0.25) is 0 Å². The van der Waals surface area contributed by atoms with Crippen molar-refractivity contribution in [1.82, 2.24) is 0 Å². The zero-order valence-electron chi connectivity index (χ0n) is 11.9. The van der Waals surface area contributed by atoms with Gasteiger partial charge in [0.25, 0.3) is 0 Å². The minimum absolute atomic E-state index is 0.649. The number of methoxy groups -OCH3 is 1. The molecule has 3 rings (SSSR count). The number of rotatable bonds is 4. The van der Waals surface area contributed by atoms with Gasteiger partial charge in [-0.1, -0.05) is 23.4 Å². The highest BCUT2D eigenvalue weighted by Crippen LogP contribution is 2.23. The second kappa shape index (κ2) is 5.71. The van der Waals surface area contributed by atoms with Gasteiger partial charge in [0.1, 0.15) is 18.4 Å². The molecule has 1 aromatic heterocycles. The number of hydrogen-bond acceptors (Lipinski definition) is 4. The van der Waals surface area contributed by atoms with Gasteiger partial charge in [-0.3, -0.25) is 0 Å². The molecule has 1 heterocycles. The third-order valence-electron chi connectivity index (χ3n) is 3.20. The lowest BCUT2D eigenvalue weighted by Gasteiger charge is -2.04. The van der Waals surface area contributed by atoms with Crippen LogP contribution in [0.25, 0.3) is 11.0 Å². The molecule has 0 saturated carbocycles. The van der Waals surface area contributed by atoms with Crippen molar-refractivity contribution >= 4 is 16.7 Å². The summed E-state index contributed by atoms with van der Waals surface area (Å²) in [5.74, 6) is 1.46. The summed E-state index contributed by atoms with van der Waals surface area (Å²) < 4.78 is 11.0. The van der Waals surface area contributed by atoms with E-state index in [-0.39, 0.29) is 0 Å². The third kappa shape index (κ3) is 2.60. The lowest BCUT2D eigenvalue weighted by molar-refractivity contribution is 0.213. The highest BCUT2D eigenvalue weighted by molar-refractivity contribution is 6.12. The molecule has 0 N–H and O–H groups in total. The van der Waals surface area contributed by atoms with Crippen LogP contribution in [0.5, 0.6) is 5.75 Å². The number of furan rings is 1. The first kappa shape index (κ1) is 13.2. The fourth-order valence-electron chi connectivity index (χ4n) is 2.18. The van der Waals surface area contributed by atoms with E-state index in [4.69, 9.17) is 14.0 Å². The number of benzene rings is 2. The van der Waals surface area contributed by atoms with Crippen LogP contribution in [0.15, 0.2) is 64.2 Å². The van der Waals surface area contributed by atoms with Crippen LogP contribution in [0.3, 0.4) is 0 Å². The van der Waals surface area contributed by atoms with E-state index in [0.717, 1.165) is 22.3 Å². The van der Waals surface area contributed by atoms with Crippen molar-refractivity contribution in [2.45, 2.75) is 0 Å². The zero-order chi connectivity index (χ0) is 14.7. The Hall–Kier alpha value is -2.75. The highest BCUT2D eigenvalue weighted by atomic mass is 16.6. The van der Waals surface area contributed by atoms with Gasteiger partial charge in [0.2, 0.25) is 0 Å². The molecular formula is C17H15NO3. The van der Waals surface area contributed by atoms with Gasteiger partial charge in [-0.25, -0.2) is 0 Å². The molecule has 2 aromatic carbocycles. The van der Waals surface area contributed by atoms with Gasteiger partial charge in [0.15, 0.2) is 11.5 Å². The molecule has 0 fully saturated rings. The molecule has 0 bridgehead atoms. The molecule has 0 spiro atoms. The smallest absolute Gasteiger partial charge is 0.157 e. The van der Waals surface area contributed by atoms with Crippen LogP contribution in [-0.4, -0.2) is 19.9 Å². The van der Waals surface area contributed by atoms with Crippen molar-refractivity contribution in [3.8, 4) is 5.75 Å². The van der Waals surface area contributed by atoms with Crippen LogP contribution in [-0.2, 0) is 4.84 Å². The predicted octanol–water partition coefficient (Wildman–Crippen LogP) is 3.84. The van der Waals surface area contributed by atoms with E-state index in [0.29, 0.717) is 11.5 Å². The first-order valence-electron chi connectivity index (χ1n) is 6.56. The Kier molecular flexibility index (Phi) is 3.60. The van der Waals surface area contributed by atoms with Crippen LogP contribution < -0.4 is 4.74 Å². The Labute approximate surface area is 122 Å². The molecule has 0 amide bonds. The van der Waals surface area contributed by atoms with Gasteiger partial charge in [-0.05, 0) is 36.4 Å². The molecular weight excluding hydrogens is 266 g/mol. The summed E-state index contributed by atoms with van der Waals surface area (Å²) >= 11 is 0. The Balaban J connectivity index is 2.06. The fraction of sp³-hybridized carbons (Fsp3) is 0.118. The predicted molar refractivity (Wildman–Crippen MR) is 81.9 cm³/mol. The number of oxime groups is 1. The number of ether oxygens (including phenoxy) is 1. The molecule has 0 saturated heterocycles. The Morgan fingerprint density at radius 1 is 1.00 bits per heavy atom. The second-order valence-corrected chi connectivity index (χ2v) is 4.50. The summed E-state index contributed by atoms with van der Waals surface area (Å²) in [5, 5.41) is 5.13. The maximum atomic E-state index is 5.85. The third-order valence-corrected chi connectivity index (χ3v) is 3.20. The number of nitrogens with zero attached hydrogens (tertiary/aromatic N) is 1. The van der Waals surface area contributed by atoms with Crippen LogP contribution in [0.1, 0.15) is 11.3 Å². The van der Waals surface area contributed by atoms with E-state index in [1.165, 1.54) is 7.11 Å². The van der Waals surface area contributed by atoms with Gasteiger partial charge >= 0.3 is 0 Å². The second-order valence-electron chi connectivity index (χ2n) is 4.50. The van der Waals surface area contributed by atoms with Crippen molar-refractivity contribution in [2.24, 2.45) is 5.16 Å². The van der Waals surface area contributed by atoms with E-state index < -0.39 is 0 Å². The fourth-order valence-corrected chi connectivity index (χ4v) is 2.18. The summed E-state index contributed by atoms with van der Waals surface area (Å²) in [7, 11) is 3.16. The number of para-hydroxylation sites is 1. The SMILES string of the molecule is CO/N=C(\c1ccc(OC)cc1)c1cc2ccccc2o1. The van der Waals surface area contributed by atoms with Gasteiger partial charge in [-0.15, -0.1) is 0 Å². The van der Waals surface area contributed by atoms with Crippen molar-refractivity contribution in [3.05, 3.63) is 65.9 Å². The zero-order valence-corrected chi connectivity index (χ0v) is 11.9. The lowest BCUT2D eigenvalue weighted by Crippen LogP contribution is -2.02. The molecule has 3 aromatic rings. The molecule has 0 atom stereocenters. The van der Waals surface area contributed by atoms with Crippen molar-refractivity contribution < 1.29 is 14.0 Å². The number of fused-ring (bicyclic) bond motifs is 1. The Morgan fingerprint density at radius 2 is 1.76 bits per heavy atom. The molecule has 4 nitrogen and oxygen atoms in total. The van der Waals surface area contributed by atoms with Gasteiger partial charge in [0.05, 0.1) is 7.11 Å². The topological polar surface area (TPSA) is 44.0 Å². The maximum Gasteiger partial charge on any atom is 0.157 e. The minimum atomic E-state index is 0.649. The standard InChI is InChI=1S/C17H15NO3/c1-19-14-9-7-12(8-10-14)17(18-20-2)16-11-13-5-3-4-6-15(13)21-16/h3-11H,1-2H3/b18-17+. The van der Waals surface area contributed by atoms with Crippen LogP contribution in [0.4, 0.5) is 0 Å². The molecule has 21 heavy (non-hydrogen) atoms. The summed E-state index contributed by atoms with van der Waals surface area (Å²) in [6.45, 7) is 0. The lowest BCUT2D eigenvalue weighted by atomic mass is 10.1. The molecule has 0 aliphatic heterocycles.